The monoisotopic (exact) mass is 246 g/mol. The predicted molar refractivity (Wildman–Crippen MR) is 65.9 cm³/mol. The summed E-state index contributed by atoms with van der Waals surface area (Å²) in [5.74, 6) is 1.78. The molecule has 0 heterocycles. The van der Waals surface area contributed by atoms with E-state index in [1.165, 1.54) is 0 Å². The second-order valence-electron chi connectivity index (χ2n) is 4.47. The van der Waals surface area contributed by atoms with Crippen LogP contribution >= 0.6 is 23.2 Å². The molecule has 0 saturated carbocycles. The maximum absolute atomic E-state index is 5.80. The van der Waals surface area contributed by atoms with Crippen molar-refractivity contribution in [2.75, 3.05) is 0 Å². The number of halogens is 2. The van der Waals surface area contributed by atoms with E-state index in [1.807, 2.05) is 39.0 Å². The largest absolute Gasteiger partial charge is 0.488 e. The van der Waals surface area contributed by atoms with E-state index < -0.39 is 0 Å². The van der Waals surface area contributed by atoms with Crippen molar-refractivity contribution in [2.24, 2.45) is 0 Å². The van der Waals surface area contributed by atoms with Crippen molar-refractivity contribution in [3.63, 3.8) is 0 Å². The molecule has 0 amide bonds. The molecular formula is C12H16Cl2O. The quantitative estimate of drug-likeness (QED) is 0.722. The van der Waals surface area contributed by atoms with E-state index in [2.05, 4.69) is 0 Å². The predicted octanol–water partition coefficient (Wildman–Crippen LogP) is 4.34. The minimum atomic E-state index is -0.200. The normalized spacial score (nSPS) is 11.5. The maximum atomic E-state index is 5.80. The van der Waals surface area contributed by atoms with Crippen LogP contribution in [0.4, 0.5) is 0 Å². The van der Waals surface area contributed by atoms with Crippen molar-refractivity contribution in [2.45, 2.75) is 38.1 Å². The summed E-state index contributed by atoms with van der Waals surface area (Å²) in [4.78, 5) is 0. The van der Waals surface area contributed by atoms with Crippen LogP contribution in [0.1, 0.15) is 31.9 Å². The van der Waals surface area contributed by atoms with Crippen LogP contribution in [-0.2, 0) is 11.8 Å². The minimum absolute atomic E-state index is 0.200. The van der Waals surface area contributed by atoms with E-state index in [9.17, 15) is 0 Å². The summed E-state index contributed by atoms with van der Waals surface area (Å²) in [5.41, 5.74) is 1.87. The Morgan fingerprint density at radius 3 is 1.80 bits per heavy atom. The van der Waals surface area contributed by atoms with Crippen LogP contribution in [0.5, 0.6) is 5.75 Å². The standard InChI is InChI=1S/C12H16Cl2O/c1-12(2,3)15-11-5-9(7-13)4-10(6-11)8-14/h4-6H,7-8H2,1-3H3. The Labute approximate surface area is 101 Å². The van der Waals surface area contributed by atoms with Gasteiger partial charge in [-0.25, -0.2) is 0 Å². The molecule has 0 aliphatic carbocycles. The van der Waals surface area contributed by atoms with Gasteiger partial charge in [-0.15, -0.1) is 23.2 Å². The Hall–Kier alpha value is -0.400. The lowest BCUT2D eigenvalue weighted by molar-refractivity contribution is 0.131. The molecule has 84 valence electrons. The van der Waals surface area contributed by atoms with E-state index in [0.29, 0.717) is 11.8 Å². The Morgan fingerprint density at radius 2 is 1.47 bits per heavy atom. The van der Waals surface area contributed by atoms with E-state index in [-0.39, 0.29) is 5.60 Å². The van der Waals surface area contributed by atoms with Gasteiger partial charge in [0.25, 0.3) is 0 Å². The van der Waals surface area contributed by atoms with Gasteiger partial charge in [-0.2, -0.15) is 0 Å². The second-order valence-corrected chi connectivity index (χ2v) is 5.00. The lowest BCUT2D eigenvalue weighted by Gasteiger charge is -2.22. The van der Waals surface area contributed by atoms with Crippen LogP contribution in [0.25, 0.3) is 0 Å². The third-order valence-electron chi connectivity index (χ3n) is 1.76. The smallest absolute Gasteiger partial charge is 0.120 e. The van der Waals surface area contributed by atoms with Crippen LogP contribution in [0, 0.1) is 0 Å². The van der Waals surface area contributed by atoms with Crippen molar-refractivity contribution in [3.8, 4) is 5.75 Å². The fourth-order valence-corrected chi connectivity index (χ4v) is 1.60. The fourth-order valence-electron chi connectivity index (χ4n) is 1.30. The molecule has 1 aromatic rings. The molecule has 3 heteroatoms. The molecule has 0 unspecified atom stereocenters. The third-order valence-corrected chi connectivity index (χ3v) is 2.38. The lowest BCUT2D eigenvalue weighted by atomic mass is 10.1. The fraction of sp³-hybridized carbons (Fsp3) is 0.500. The van der Waals surface area contributed by atoms with Gasteiger partial charge in [-0.1, -0.05) is 6.07 Å². The third kappa shape index (κ3) is 4.31. The van der Waals surface area contributed by atoms with Gasteiger partial charge in [0.05, 0.1) is 0 Å². The highest BCUT2D eigenvalue weighted by Gasteiger charge is 2.12. The van der Waals surface area contributed by atoms with Crippen LogP contribution in [-0.4, -0.2) is 5.60 Å². The van der Waals surface area contributed by atoms with Gasteiger partial charge in [-0.3, -0.25) is 0 Å². The number of hydrogen-bond acceptors (Lipinski definition) is 1. The zero-order chi connectivity index (χ0) is 11.5. The zero-order valence-electron chi connectivity index (χ0n) is 9.31. The minimum Gasteiger partial charge on any atom is -0.488 e. The van der Waals surface area contributed by atoms with E-state index >= 15 is 0 Å². The van der Waals surface area contributed by atoms with Gasteiger partial charge in [0.1, 0.15) is 11.4 Å². The highest BCUT2D eigenvalue weighted by atomic mass is 35.5. The molecule has 0 spiro atoms. The molecule has 1 aromatic carbocycles. The average molecular weight is 247 g/mol. The molecule has 0 radical (unpaired) electrons. The Kier molecular flexibility index (Phi) is 4.30. The number of hydrogen-bond donors (Lipinski definition) is 0. The maximum Gasteiger partial charge on any atom is 0.120 e. The first-order chi connectivity index (χ1) is 6.94. The highest BCUT2D eigenvalue weighted by Crippen LogP contribution is 2.23. The molecule has 0 N–H and O–H groups in total. The van der Waals surface area contributed by atoms with Gasteiger partial charge in [0, 0.05) is 11.8 Å². The molecule has 0 bridgehead atoms. The van der Waals surface area contributed by atoms with Gasteiger partial charge in [0.2, 0.25) is 0 Å². The van der Waals surface area contributed by atoms with Crippen molar-refractivity contribution >= 4 is 23.2 Å². The topological polar surface area (TPSA) is 9.23 Å². The number of alkyl halides is 2. The van der Waals surface area contributed by atoms with Crippen LogP contribution in [0.15, 0.2) is 18.2 Å². The first-order valence-corrected chi connectivity index (χ1v) is 5.95. The van der Waals surface area contributed by atoms with Crippen molar-refractivity contribution in [1.29, 1.82) is 0 Å². The summed E-state index contributed by atoms with van der Waals surface area (Å²) >= 11 is 11.6. The van der Waals surface area contributed by atoms with E-state index in [1.54, 1.807) is 0 Å². The molecule has 0 saturated heterocycles. The Morgan fingerprint density at radius 1 is 1.00 bits per heavy atom. The number of benzene rings is 1. The second kappa shape index (κ2) is 5.09. The summed E-state index contributed by atoms with van der Waals surface area (Å²) in [7, 11) is 0. The van der Waals surface area contributed by atoms with Crippen LogP contribution in [0.2, 0.25) is 0 Å². The lowest BCUT2D eigenvalue weighted by Crippen LogP contribution is -2.23. The molecule has 0 fully saturated rings. The Balaban J connectivity index is 2.97. The van der Waals surface area contributed by atoms with Crippen molar-refractivity contribution in [3.05, 3.63) is 29.3 Å². The zero-order valence-corrected chi connectivity index (χ0v) is 10.8. The highest BCUT2D eigenvalue weighted by molar-refractivity contribution is 6.17. The van der Waals surface area contributed by atoms with Crippen LogP contribution in [0.3, 0.4) is 0 Å². The number of ether oxygens (including phenoxy) is 1. The van der Waals surface area contributed by atoms with Gasteiger partial charge in [0.15, 0.2) is 0 Å². The van der Waals surface area contributed by atoms with Crippen molar-refractivity contribution < 1.29 is 4.74 Å². The molecule has 0 aromatic heterocycles. The summed E-state index contributed by atoms with van der Waals surface area (Å²) in [5, 5.41) is 0. The molecule has 15 heavy (non-hydrogen) atoms. The first kappa shape index (κ1) is 12.7. The summed E-state index contributed by atoms with van der Waals surface area (Å²) < 4.78 is 5.77. The molecule has 0 atom stereocenters. The summed E-state index contributed by atoms with van der Waals surface area (Å²) in [6.45, 7) is 6.04. The van der Waals surface area contributed by atoms with Crippen molar-refractivity contribution in [1.82, 2.24) is 0 Å². The van der Waals surface area contributed by atoms with Gasteiger partial charge < -0.3 is 4.74 Å². The summed E-state index contributed by atoms with van der Waals surface area (Å²) in [6.07, 6.45) is 0. The van der Waals surface area contributed by atoms with Gasteiger partial charge in [-0.05, 0) is 44.0 Å². The van der Waals surface area contributed by atoms with Crippen LogP contribution < -0.4 is 4.74 Å². The first-order valence-electron chi connectivity index (χ1n) is 4.88. The Bertz CT molecular complexity index is 307. The SMILES string of the molecule is CC(C)(C)Oc1cc(CCl)cc(CCl)c1. The van der Waals surface area contributed by atoms with Gasteiger partial charge >= 0.3 is 0 Å². The molecule has 1 nitrogen and oxygen atoms in total. The van der Waals surface area contributed by atoms with E-state index in [4.69, 9.17) is 27.9 Å². The average Bonchev–Trinajstić information content (AvgIpc) is 2.14. The molecule has 0 aliphatic heterocycles. The molecular weight excluding hydrogens is 231 g/mol. The molecule has 1 rings (SSSR count). The number of rotatable bonds is 3. The van der Waals surface area contributed by atoms with E-state index in [0.717, 1.165) is 16.9 Å². The molecule has 0 aliphatic rings. The summed E-state index contributed by atoms with van der Waals surface area (Å²) in [6, 6.07) is 5.90.